The van der Waals surface area contributed by atoms with Crippen LogP contribution in [0.2, 0.25) is 5.02 Å². The Morgan fingerprint density at radius 1 is 1.38 bits per heavy atom. The zero-order valence-corrected chi connectivity index (χ0v) is 11.1. The Bertz CT molecular complexity index is 402. The quantitative estimate of drug-likeness (QED) is 0.870. The zero-order valence-electron chi connectivity index (χ0n) is 8.80. The van der Waals surface area contributed by atoms with Crippen LogP contribution in [0.5, 0.6) is 0 Å². The van der Waals surface area contributed by atoms with Gasteiger partial charge in [0.1, 0.15) is 0 Å². The van der Waals surface area contributed by atoms with Gasteiger partial charge in [0, 0.05) is 16.1 Å². The first-order valence-corrected chi connectivity index (χ1v) is 6.60. The molecule has 0 radical (unpaired) electrons. The highest BCUT2D eigenvalue weighted by atomic mass is 79.9. The van der Waals surface area contributed by atoms with Crippen molar-refractivity contribution in [1.29, 1.82) is 0 Å². The van der Waals surface area contributed by atoms with Crippen molar-refractivity contribution in [2.24, 2.45) is 5.92 Å². The summed E-state index contributed by atoms with van der Waals surface area (Å²) in [7, 11) is 0. The number of amides is 1. The molecular weight excluding hydrogens is 289 g/mol. The summed E-state index contributed by atoms with van der Waals surface area (Å²) < 4.78 is 0.804. The van der Waals surface area contributed by atoms with E-state index in [1.165, 1.54) is 12.8 Å². The molecule has 1 saturated carbocycles. The van der Waals surface area contributed by atoms with Crippen molar-refractivity contribution >= 4 is 39.1 Å². The van der Waals surface area contributed by atoms with Crippen molar-refractivity contribution in [3.63, 3.8) is 0 Å². The van der Waals surface area contributed by atoms with Crippen LogP contribution >= 0.6 is 27.5 Å². The van der Waals surface area contributed by atoms with Gasteiger partial charge < -0.3 is 5.32 Å². The Labute approximate surface area is 108 Å². The summed E-state index contributed by atoms with van der Waals surface area (Å²) in [5, 5.41) is 3.58. The highest BCUT2D eigenvalue weighted by Crippen LogP contribution is 2.28. The van der Waals surface area contributed by atoms with E-state index in [0.29, 0.717) is 5.02 Å². The number of halogens is 2. The van der Waals surface area contributed by atoms with Crippen LogP contribution in [0.15, 0.2) is 22.7 Å². The first-order valence-electron chi connectivity index (χ1n) is 5.43. The van der Waals surface area contributed by atoms with Crippen LogP contribution in [-0.2, 0) is 4.79 Å². The first-order chi connectivity index (χ1) is 7.66. The van der Waals surface area contributed by atoms with E-state index in [4.69, 9.17) is 11.6 Å². The molecule has 0 bridgehead atoms. The minimum atomic E-state index is 0.131. The molecule has 0 aliphatic heterocycles. The van der Waals surface area contributed by atoms with E-state index in [1.807, 2.05) is 12.1 Å². The number of carbonyl (C=O) groups excluding carboxylic acids is 1. The van der Waals surface area contributed by atoms with Crippen molar-refractivity contribution < 1.29 is 4.79 Å². The Morgan fingerprint density at radius 3 is 2.69 bits per heavy atom. The topological polar surface area (TPSA) is 29.1 Å². The van der Waals surface area contributed by atoms with E-state index in [2.05, 4.69) is 21.2 Å². The second-order valence-corrected chi connectivity index (χ2v) is 5.36. The lowest BCUT2D eigenvalue weighted by atomic mass is 10.1. The first kappa shape index (κ1) is 11.9. The summed E-state index contributed by atoms with van der Waals surface area (Å²) in [6, 6.07) is 5.42. The van der Waals surface area contributed by atoms with Crippen LogP contribution in [0.1, 0.15) is 25.7 Å². The molecule has 1 N–H and O–H groups in total. The smallest absolute Gasteiger partial charge is 0.227 e. The summed E-state index contributed by atoms with van der Waals surface area (Å²) in [4.78, 5) is 11.9. The van der Waals surface area contributed by atoms with Crippen LogP contribution < -0.4 is 5.32 Å². The maximum atomic E-state index is 11.9. The molecule has 0 heterocycles. The van der Waals surface area contributed by atoms with E-state index in [-0.39, 0.29) is 11.8 Å². The van der Waals surface area contributed by atoms with Gasteiger partial charge in [-0.3, -0.25) is 4.79 Å². The molecule has 1 aromatic rings. The molecule has 16 heavy (non-hydrogen) atoms. The average molecular weight is 303 g/mol. The molecule has 1 aliphatic carbocycles. The number of hydrogen-bond acceptors (Lipinski definition) is 1. The molecule has 2 nitrogen and oxygen atoms in total. The molecule has 1 aliphatic rings. The van der Waals surface area contributed by atoms with Gasteiger partial charge in [-0.25, -0.2) is 0 Å². The largest absolute Gasteiger partial charge is 0.326 e. The van der Waals surface area contributed by atoms with Gasteiger partial charge in [-0.05, 0) is 47.0 Å². The van der Waals surface area contributed by atoms with Crippen LogP contribution in [0.25, 0.3) is 0 Å². The van der Waals surface area contributed by atoms with Gasteiger partial charge in [-0.1, -0.05) is 24.4 Å². The van der Waals surface area contributed by atoms with E-state index in [9.17, 15) is 4.79 Å². The fourth-order valence-electron chi connectivity index (χ4n) is 2.01. The predicted molar refractivity (Wildman–Crippen MR) is 69.7 cm³/mol. The van der Waals surface area contributed by atoms with E-state index in [0.717, 1.165) is 23.0 Å². The Kier molecular flexibility index (Phi) is 3.87. The Balaban J connectivity index is 2.02. The standard InChI is InChI=1S/C12H13BrClNO/c13-10-7-9(5-6-11(10)14)15-12(16)8-3-1-2-4-8/h5-8H,1-4H2,(H,15,16). The van der Waals surface area contributed by atoms with Crippen molar-refractivity contribution in [2.45, 2.75) is 25.7 Å². The van der Waals surface area contributed by atoms with Crippen molar-refractivity contribution in [3.05, 3.63) is 27.7 Å². The fourth-order valence-corrected chi connectivity index (χ4v) is 2.50. The summed E-state index contributed by atoms with van der Waals surface area (Å²) >= 11 is 9.22. The summed E-state index contributed by atoms with van der Waals surface area (Å²) in [5.74, 6) is 0.321. The van der Waals surface area contributed by atoms with Crippen molar-refractivity contribution in [2.75, 3.05) is 5.32 Å². The lowest BCUT2D eigenvalue weighted by Gasteiger charge is -2.10. The third-order valence-electron chi connectivity index (χ3n) is 2.91. The third-order valence-corrected chi connectivity index (χ3v) is 4.13. The van der Waals surface area contributed by atoms with Gasteiger partial charge in [0.05, 0.1) is 5.02 Å². The highest BCUT2D eigenvalue weighted by molar-refractivity contribution is 9.10. The monoisotopic (exact) mass is 301 g/mol. The van der Waals surface area contributed by atoms with Gasteiger partial charge >= 0.3 is 0 Å². The zero-order chi connectivity index (χ0) is 11.5. The molecule has 1 fully saturated rings. The lowest BCUT2D eigenvalue weighted by molar-refractivity contribution is -0.119. The summed E-state index contributed by atoms with van der Waals surface area (Å²) in [5.41, 5.74) is 0.799. The average Bonchev–Trinajstić information content (AvgIpc) is 2.77. The van der Waals surface area contributed by atoms with Gasteiger partial charge in [-0.2, -0.15) is 0 Å². The van der Waals surface area contributed by atoms with E-state index in [1.54, 1.807) is 6.07 Å². The van der Waals surface area contributed by atoms with Crippen molar-refractivity contribution in [3.8, 4) is 0 Å². The highest BCUT2D eigenvalue weighted by Gasteiger charge is 2.22. The van der Waals surface area contributed by atoms with Crippen LogP contribution in [0, 0.1) is 5.92 Å². The molecule has 2 rings (SSSR count). The molecule has 0 aromatic heterocycles. The van der Waals surface area contributed by atoms with Crippen molar-refractivity contribution in [1.82, 2.24) is 0 Å². The SMILES string of the molecule is O=C(Nc1ccc(Cl)c(Br)c1)C1CCCC1. The second-order valence-electron chi connectivity index (χ2n) is 4.10. The molecule has 86 valence electrons. The third kappa shape index (κ3) is 2.77. The summed E-state index contributed by atoms with van der Waals surface area (Å²) in [6.07, 6.45) is 4.37. The maximum absolute atomic E-state index is 11.9. The predicted octanol–water partition coefficient (Wildman–Crippen LogP) is 4.23. The molecule has 0 atom stereocenters. The molecule has 0 spiro atoms. The normalized spacial score (nSPS) is 16.4. The number of carbonyl (C=O) groups is 1. The molecule has 0 saturated heterocycles. The number of hydrogen-bond donors (Lipinski definition) is 1. The minimum absolute atomic E-state index is 0.131. The number of rotatable bonds is 2. The van der Waals surface area contributed by atoms with E-state index >= 15 is 0 Å². The number of benzene rings is 1. The van der Waals surface area contributed by atoms with Gasteiger partial charge in [0.15, 0.2) is 0 Å². The molecule has 0 unspecified atom stereocenters. The molecule has 4 heteroatoms. The van der Waals surface area contributed by atoms with E-state index < -0.39 is 0 Å². The maximum Gasteiger partial charge on any atom is 0.227 e. The Morgan fingerprint density at radius 2 is 2.06 bits per heavy atom. The second kappa shape index (κ2) is 5.19. The van der Waals surface area contributed by atoms with Crippen LogP contribution in [-0.4, -0.2) is 5.91 Å². The molecule has 1 aromatic carbocycles. The van der Waals surface area contributed by atoms with Gasteiger partial charge in [-0.15, -0.1) is 0 Å². The minimum Gasteiger partial charge on any atom is -0.326 e. The number of nitrogens with one attached hydrogen (secondary N) is 1. The van der Waals surface area contributed by atoms with Crippen LogP contribution in [0.3, 0.4) is 0 Å². The lowest BCUT2D eigenvalue weighted by Crippen LogP contribution is -2.20. The summed E-state index contributed by atoms with van der Waals surface area (Å²) in [6.45, 7) is 0. The molecular formula is C12H13BrClNO. The van der Waals surface area contributed by atoms with Gasteiger partial charge in [0.2, 0.25) is 5.91 Å². The Hall–Kier alpha value is -0.540. The van der Waals surface area contributed by atoms with Gasteiger partial charge in [0.25, 0.3) is 0 Å². The molecule has 1 amide bonds. The van der Waals surface area contributed by atoms with Crippen LogP contribution in [0.4, 0.5) is 5.69 Å². The fraction of sp³-hybridized carbons (Fsp3) is 0.417. The number of anilines is 1.